The third-order valence-electron chi connectivity index (χ3n) is 3.56. The number of benzene rings is 2. The van der Waals surface area contributed by atoms with Gasteiger partial charge in [0.25, 0.3) is 11.6 Å². The molecule has 0 radical (unpaired) electrons. The van der Waals surface area contributed by atoms with Crippen molar-refractivity contribution in [3.63, 3.8) is 0 Å². The van der Waals surface area contributed by atoms with Crippen molar-refractivity contribution < 1.29 is 19.2 Å². The Kier molecular flexibility index (Phi) is 4.58. The molecule has 0 aliphatic heterocycles. The van der Waals surface area contributed by atoms with E-state index in [4.69, 9.17) is 9.52 Å². The van der Waals surface area contributed by atoms with E-state index in [2.05, 4.69) is 5.32 Å². The molecule has 1 aromatic heterocycles. The number of carbonyl (C=O) groups excluding carboxylic acids is 1. The number of hydrogen-bond donors (Lipinski definition) is 2. The molecular formula is C18H14N2O5. The zero-order valence-electron chi connectivity index (χ0n) is 13.0. The predicted molar refractivity (Wildman–Crippen MR) is 91.1 cm³/mol. The number of aliphatic hydroxyl groups is 1. The van der Waals surface area contributed by atoms with Crippen LogP contribution in [0.5, 0.6) is 0 Å². The van der Waals surface area contributed by atoms with Gasteiger partial charge in [-0.2, -0.15) is 0 Å². The Morgan fingerprint density at radius 1 is 1.12 bits per heavy atom. The standard InChI is InChI=1S/C18H14N2O5/c21-11-16-8-9-17(25-16)12-4-6-14(7-5-12)19-18(22)13-2-1-3-15(10-13)20(23)24/h1-10,21H,11H2,(H,19,22). The van der Waals surface area contributed by atoms with Gasteiger partial charge < -0.3 is 14.8 Å². The third kappa shape index (κ3) is 3.73. The molecule has 1 amide bonds. The number of nitrogens with zero attached hydrogens (tertiary/aromatic N) is 1. The van der Waals surface area contributed by atoms with Gasteiger partial charge in [-0.3, -0.25) is 14.9 Å². The molecular weight excluding hydrogens is 324 g/mol. The number of nitro groups is 1. The first kappa shape index (κ1) is 16.4. The van der Waals surface area contributed by atoms with Crippen LogP contribution in [0.15, 0.2) is 65.1 Å². The maximum Gasteiger partial charge on any atom is 0.270 e. The first-order chi connectivity index (χ1) is 12.1. The van der Waals surface area contributed by atoms with Gasteiger partial charge in [0.2, 0.25) is 0 Å². The minimum Gasteiger partial charge on any atom is -0.459 e. The molecule has 2 aromatic carbocycles. The highest BCUT2D eigenvalue weighted by Gasteiger charge is 2.12. The fourth-order valence-electron chi connectivity index (χ4n) is 2.30. The summed E-state index contributed by atoms with van der Waals surface area (Å²) in [7, 11) is 0. The van der Waals surface area contributed by atoms with Crippen molar-refractivity contribution in [1.82, 2.24) is 0 Å². The number of hydrogen-bond acceptors (Lipinski definition) is 5. The Morgan fingerprint density at radius 3 is 2.52 bits per heavy atom. The molecule has 126 valence electrons. The molecule has 0 spiro atoms. The molecule has 0 unspecified atom stereocenters. The Morgan fingerprint density at radius 2 is 1.88 bits per heavy atom. The van der Waals surface area contributed by atoms with Crippen LogP contribution in [0.4, 0.5) is 11.4 Å². The quantitative estimate of drug-likeness (QED) is 0.546. The maximum atomic E-state index is 12.2. The van der Waals surface area contributed by atoms with E-state index in [1.54, 1.807) is 36.4 Å². The van der Waals surface area contributed by atoms with Gasteiger partial charge in [0.15, 0.2) is 0 Å². The molecule has 3 rings (SSSR count). The second-order valence-electron chi connectivity index (χ2n) is 5.26. The number of carbonyl (C=O) groups is 1. The van der Waals surface area contributed by atoms with E-state index in [0.29, 0.717) is 17.2 Å². The van der Waals surface area contributed by atoms with Crippen molar-refractivity contribution in [3.05, 3.63) is 82.1 Å². The average Bonchev–Trinajstić information content (AvgIpc) is 3.11. The molecule has 0 saturated heterocycles. The number of amides is 1. The van der Waals surface area contributed by atoms with Crippen LogP contribution in [0, 0.1) is 10.1 Å². The lowest BCUT2D eigenvalue weighted by atomic mass is 10.1. The summed E-state index contributed by atoms with van der Waals surface area (Å²) < 4.78 is 5.44. The van der Waals surface area contributed by atoms with Gasteiger partial charge in [-0.25, -0.2) is 0 Å². The van der Waals surface area contributed by atoms with E-state index in [9.17, 15) is 14.9 Å². The number of furan rings is 1. The van der Waals surface area contributed by atoms with Crippen molar-refractivity contribution in [2.45, 2.75) is 6.61 Å². The Hall–Kier alpha value is -3.45. The molecule has 1 heterocycles. The van der Waals surface area contributed by atoms with Gasteiger partial charge in [-0.05, 0) is 42.5 Å². The van der Waals surface area contributed by atoms with E-state index in [0.717, 1.165) is 5.56 Å². The minimum atomic E-state index is -0.546. The Labute approximate surface area is 142 Å². The highest BCUT2D eigenvalue weighted by molar-refractivity contribution is 6.04. The molecule has 3 aromatic rings. The number of non-ortho nitro benzene ring substituents is 1. The monoisotopic (exact) mass is 338 g/mol. The van der Waals surface area contributed by atoms with Gasteiger partial charge in [0, 0.05) is 28.9 Å². The van der Waals surface area contributed by atoms with Crippen molar-refractivity contribution in [2.75, 3.05) is 5.32 Å². The Bertz CT molecular complexity index is 915. The van der Waals surface area contributed by atoms with E-state index in [1.165, 1.54) is 24.3 Å². The second-order valence-corrected chi connectivity index (χ2v) is 5.26. The molecule has 0 aliphatic rings. The summed E-state index contributed by atoms with van der Waals surface area (Å²) in [5.74, 6) is 0.649. The van der Waals surface area contributed by atoms with Crippen LogP contribution >= 0.6 is 0 Å². The summed E-state index contributed by atoms with van der Waals surface area (Å²) in [6.45, 7) is -0.169. The average molecular weight is 338 g/mol. The largest absolute Gasteiger partial charge is 0.459 e. The topological polar surface area (TPSA) is 106 Å². The van der Waals surface area contributed by atoms with Crippen LogP contribution in [0.25, 0.3) is 11.3 Å². The predicted octanol–water partition coefficient (Wildman–Crippen LogP) is 3.60. The first-order valence-electron chi connectivity index (χ1n) is 7.42. The lowest BCUT2D eigenvalue weighted by Crippen LogP contribution is -2.11. The highest BCUT2D eigenvalue weighted by atomic mass is 16.6. The van der Waals surface area contributed by atoms with E-state index in [-0.39, 0.29) is 17.9 Å². The lowest BCUT2D eigenvalue weighted by Gasteiger charge is -2.06. The van der Waals surface area contributed by atoms with E-state index < -0.39 is 10.8 Å². The molecule has 0 atom stereocenters. The smallest absolute Gasteiger partial charge is 0.270 e. The summed E-state index contributed by atoms with van der Waals surface area (Å²) >= 11 is 0. The summed E-state index contributed by atoms with van der Waals surface area (Å²) in [6, 6.07) is 15.9. The number of anilines is 1. The van der Waals surface area contributed by atoms with Crippen molar-refractivity contribution in [3.8, 4) is 11.3 Å². The zero-order chi connectivity index (χ0) is 17.8. The van der Waals surface area contributed by atoms with Crippen molar-refractivity contribution >= 4 is 17.3 Å². The zero-order valence-corrected chi connectivity index (χ0v) is 13.0. The number of nitro benzene ring substituents is 1. The molecule has 0 fully saturated rings. The molecule has 7 heteroatoms. The summed E-state index contributed by atoms with van der Waals surface area (Å²) in [5, 5.41) is 22.5. The molecule has 7 nitrogen and oxygen atoms in total. The Balaban J connectivity index is 1.73. The van der Waals surface area contributed by atoms with Crippen LogP contribution in [-0.2, 0) is 6.61 Å². The lowest BCUT2D eigenvalue weighted by molar-refractivity contribution is -0.384. The maximum absolute atomic E-state index is 12.2. The summed E-state index contributed by atoms with van der Waals surface area (Å²) in [5.41, 5.74) is 1.42. The normalized spacial score (nSPS) is 10.4. The number of rotatable bonds is 5. The summed E-state index contributed by atoms with van der Waals surface area (Å²) in [4.78, 5) is 22.4. The van der Waals surface area contributed by atoms with Gasteiger partial charge in [-0.1, -0.05) is 6.07 Å². The van der Waals surface area contributed by atoms with Crippen LogP contribution in [0.1, 0.15) is 16.1 Å². The van der Waals surface area contributed by atoms with Gasteiger partial charge in [0.05, 0.1) is 4.92 Å². The fourth-order valence-corrected chi connectivity index (χ4v) is 2.30. The molecule has 0 saturated carbocycles. The highest BCUT2D eigenvalue weighted by Crippen LogP contribution is 2.24. The first-order valence-corrected chi connectivity index (χ1v) is 7.42. The molecule has 0 aliphatic carbocycles. The van der Waals surface area contributed by atoms with E-state index >= 15 is 0 Å². The van der Waals surface area contributed by atoms with Crippen molar-refractivity contribution in [2.24, 2.45) is 0 Å². The minimum absolute atomic E-state index is 0.138. The third-order valence-corrected chi connectivity index (χ3v) is 3.56. The van der Waals surface area contributed by atoms with Crippen molar-refractivity contribution in [1.29, 1.82) is 0 Å². The van der Waals surface area contributed by atoms with E-state index in [1.807, 2.05) is 0 Å². The van der Waals surface area contributed by atoms with Crippen LogP contribution in [0.2, 0.25) is 0 Å². The number of nitrogens with one attached hydrogen (secondary N) is 1. The van der Waals surface area contributed by atoms with Crippen LogP contribution in [0.3, 0.4) is 0 Å². The van der Waals surface area contributed by atoms with Gasteiger partial charge in [-0.15, -0.1) is 0 Å². The fraction of sp³-hybridized carbons (Fsp3) is 0.0556. The number of aliphatic hydroxyl groups excluding tert-OH is 1. The summed E-state index contributed by atoms with van der Waals surface area (Å²) in [6.07, 6.45) is 0. The second kappa shape index (κ2) is 6.98. The molecule has 2 N–H and O–H groups in total. The SMILES string of the molecule is O=C(Nc1ccc(-c2ccc(CO)o2)cc1)c1cccc([N+](=O)[O-])c1. The van der Waals surface area contributed by atoms with Crippen LogP contribution in [-0.4, -0.2) is 15.9 Å². The van der Waals surface area contributed by atoms with Crippen LogP contribution < -0.4 is 5.32 Å². The van der Waals surface area contributed by atoms with Gasteiger partial charge >= 0.3 is 0 Å². The molecule has 25 heavy (non-hydrogen) atoms. The van der Waals surface area contributed by atoms with Gasteiger partial charge in [0.1, 0.15) is 18.1 Å². The molecule has 0 bridgehead atoms.